The van der Waals surface area contributed by atoms with E-state index in [1.165, 1.54) is 12.1 Å². The minimum atomic E-state index is -0.488. The summed E-state index contributed by atoms with van der Waals surface area (Å²) in [5, 5.41) is 9.57. The van der Waals surface area contributed by atoms with Gasteiger partial charge in [-0.2, -0.15) is 5.10 Å². The van der Waals surface area contributed by atoms with Crippen LogP contribution in [0.25, 0.3) is 0 Å². The van der Waals surface area contributed by atoms with Crippen LogP contribution in [0.15, 0.2) is 35.1 Å². The number of amides is 2. The van der Waals surface area contributed by atoms with Gasteiger partial charge in [0.2, 0.25) is 5.91 Å². The van der Waals surface area contributed by atoms with Crippen molar-refractivity contribution in [3.05, 3.63) is 52.0 Å². The molecule has 0 fully saturated rings. The lowest BCUT2D eigenvalue weighted by atomic mass is 10.2. The lowest BCUT2D eigenvalue weighted by Gasteiger charge is -2.08. The van der Waals surface area contributed by atoms with E-state index in [0.717, 1.165) is 24.6 Å². The predicted molar refractivity (Wildman–Crippen MR) is 95.6 cm³/mol. The van der Waals surface area contributed by atoms with E-state index in [1.807, 2.05) is 17.8 Å². The highest BCUT2D eigenvalue weighted by Crippen LogP contribution is 2.17. The van der Waals surface area contributed by atoms with Gasteiger partial charge in [0.15, 0.2) is 0 Å². The van der Waals surface area contributed by atoms with E-state index in [1.54, 1.807) is 6.20 Å². The maximum absolute atomic E-state index is 13.2. The van der Waals surface area contributed by atoms with Crippen LogP contribution in [0.2, 0.25) is 0 Å². The standard InChI is InChI=1S/C17H20BrFN4O2/c1-12-10-22-23(11-12)8-2-6-20-16(24)5-7-21-17(25)14-9-13(19)3-4-15(14)18/h3-4,9-11H,2,5-8H2,1H3,(H,20,24)(H,21,25). The first-order chi connectivity index (χ1) is 12.0. The molecule has 2 rings (SSSR count). The summed E-state index contributed by atoms with van der Waals surface area (Å²) in [7, 11) is 0. The van der Waals surface area contributed by atoms with Gasteiger partial charge in [0.05, 0.1) is 11.8 Å². The molecule has 0 unspecified atom stereocenters. The number of nitrogens with zero attached hydrogens (tertiary/aromatic N) is 2. The Hall–Kier alpha value is -2.22. The molecule has 1 aromatic carbocycles. The van der Waals surface area contributed by atoms with Crippen molar-refractivity contribution in [2.75, 3.05) is 13.1 Å². The van der Waals surface area contributed by atoms with Gasteiger partial charge >= 0.3 is 0 Å². The van der Waals surface area contributed by atoms with Crippen molar-refractivity contribution in [3.8, 4) is 0 Å². The van der Waals surface area contributed by atoms with Gasteiger partial charge < -0.3 is 10.6 Å². The average Bonchev–Trinajstić information content (AvgIpc) is 2.99. The van der Waals surface area contributed by atoms with Crippen molar-refractivity contribution in [1.82, 2.24) is 20.4 Å². The van der Waals surface area contributed by atoms with E-state index in [2.05, 4.69) is 31.7 Å². The van der Waals surface area contributed by atoms with Crippen molar-refractivity contribution in [2.45, 2.75) is 26.3 Å². The zero-order chi connectivity index (χ0) is 18.2. The molecule has 0 radical (unpaired) electrons. The fraction of sp³-hybridized carbons (Fsp3) is 0.353. The summed E-state index contributed by atoms with van der Waals surface area (Å²) in [6, 6.07) is 3.88. The number of carbonyl (C=O) groups excluding carboxylic acids is 2. The fourth-order valence-electron chi connectivity index (χ4n) is 2.20. The summed E-state index contributed by atoms with van der Waals surface area (Å²) in [6.07, 6.45) is 4.68. The van der Waals surface area contributed by atoms with Crippen LogP contribution in [0, 0.1) is 12.7 Å². The highest BCUT2D eigenvalue weighted by Gasteiger charge is 2.11. The Morgan fingerprint density at radius 2 is 2.08 bits per heavy atom. The zero-order valence-corrected chi connectivity index (χ0v) is 15.5. The molecule has 2 N–H and O–H groups in total. The lowest BCUT2D eigenvalue weighted by Crippen LogP contribution is -2.31. The molecule has 0 aliphatic heterocycles. The predicted octanol–water partition coefficient (Wildman–Crippen LogP) is 2.42. The summed E-state index contributed by atoms with van der Waals surface area (Å²) in [6.45, 7) is 3.44. The SMILES string of the molecule is Cc1cnn(CCCNC(=O)CCNC(=O)c2cc(F)ccc2Br)c1. The van der Waals surface area contributed by atoms with Gasteiger partial charge in [-0.3, -0.25) is 14.3 Å². The first kappa shape index (κ1) is 19.1. The van der Waals surface area contributed by atoms with Crippen molar-refractivity contribution in [2.24, 2.45) is 0 Å². The highest BCUT2D eigenvalue weighted by atomic mass is 79.9. The summed E-state index contributed by atoms with van der Waals surface area (Å²) >= 11 is 3.20. The lowest BCUT2D eigenvalue weighted by molar-refractivity contribution is -0.120. The van der Waals surface area contributed by atoms with Gasteiger partial charge in [0, 0.05) is 36.7 Å². The van der Waals surface area contributed by atoms with Crippen LogP contribution in [0.1, 0.15) is 28.8 Å². The molecule has 2 amide bonds. The molecule has 134 valence electrons. The third kappa shape index (κ3) is 6.30. The number of hydrogen-bond acceptors (Lipinski definition) is 3. The van der Waals surface area contributed by atoms with Gasteiger partial charge in [-0.05, 0) is 53.0 Å². The molecule has 2 aromatic rings. The Morgan fingerprint density at radius 1 is 1.28 bits per heavy atom. The average molecular weight is 411 g/mol. The number of hydrogen-bond donors (Lipinski definition) is 2. The first-order valence-electron chi connectivity index (χ1n) is 7.94. The molecule has 1 heterocycles. The molecule has 0 atom stereocenters. The van der Waals surface area contributed by atoms with Crippen LogP contribution in [0.5, 0.6) is 0 Å². The molecular formula is C17H20BrFN4O2. The van der Waals surface area contributed by atoms with Gasteiger partial charge in [-0.15, -0.1) is 0 Å². The van der Waals surface area contributed by atoms with Gasteiger partial charge in [0.25, 0.3) is 5.91 Å². The van der Waals surface area contributed by atoms with Crippen LogP contribution in [0.4, 0.5) is 4.39 Å². The third-order valence-corrected chi connectivity index (χ3v) is 4.15. The second-order valence-corrected chi connectivity index (χ2v) is 6.47. The summed E-state index contributed by atoms with van der Waals surface area (Å²) < 4.78 is 15.5. The van der Waals surface area contributed by atoms with E-state index in [4.69, 9.17) is 0 Å². The van der Waals surface area contributed by atoms with Crippen molar-refractivity contribution >= 4 is 27.7 Å². The molecule has 25 heavy (non-hydrogen) atoms. The number of benzene rings is 1. The second kappa shape index (κ2) is 9.31. The summed E-state index contributed by atoms with van der Waals surface area (Å²) in [5.41, 5.74) is 1.31. The zero-order valence-electron chi connectivity index (χ0n) is 13.9. The van der Waals surface area contributed by atoms with E-state index in [9.17, 15) is 14.0 Å². The molecule has 0 aliphatic rings. The molecule has 0 saturated carbocycles. The molecule has 0 bridgehead atoms. The second-order valence-electron chi connectivity index (χ2n) is 5.61. The molecule has 0 spiro atoms. The monoisotopic (exact) mass is 410 g/mol. The molecule has 0 aliphatic carbocycles. The van der Waals surface area contributed by atoms with E-state index < -0.39 is 11.7 Å². The maximum Gasteiger partial charge on any atom is 0.252 e. The number of aryl methyl sites for hydroxylation is 2. The Labute approximate surface area is 153 Å². The Morgan fingerprint density at radius 3 is 2.80 bits per heavy atom. The molecule has 8 heteroatoms. The van der Waals surface area contributed by atoms with Gasteiger partial charge in [-0.1, -0.05) is 0 Å². The van der Waals surface area contributed by atoms with Crippen LogP contribution >= 0.6 is 15.9 Å². The summed E-state index contributed by atoms with van der Waals surface area (Å²) in [4.78, 5) is 23.7. The van der Waals surface area contributed by atoms with Crippen molar-refractivity contribution < 1.29 is 14.0 Å². The number of nitrogens with one attached hydrogen (secondary N) is 2. The quantitative estimate of drug-likeness (QED) is 0.656. The Balaban J connectivity index is 1.63. The van der Waals surface area contributed by atoms with Crippen molar-refractivity contribution in [3.63, 3.8) is 0 Å². The molecular weight excluding hydrogens is 391 g/mol. The van der Waals surface area contributed by atoms with E-state index in [0.29, 0.717) is 11.0 Å². The molecule has 1 aromatic heterocycles. The Bertz CT molecular complexity index is 748. The normalized spacial score (nSPS) is 10.5. The van der Waals surface area contributed by atoms with Crippen LogP contribution in [0.3, 0.4) is 0 Å². The number of aromatic nitrogens is 2. The first-order valence-corrected chi connectivity index (χ1v) is 8.74. The summed E-state index contributed by atoms with van der Waals surface area (Å²) in [5.74, 6) is -1.05. The van der Waals surface area contributed by atoms with Crippen molar-refractivity contribution in [1.29, 1.82) is 0 Å². The fourth-order valence-corrected chi connectivity index (χ4v) is 2.63. The van der Waals surface area contributed by atoms with E-state index >= 15 is 0 Å². The topological polar surface area (TPSA) is 76.0 Å². The van der Waals surface area contributed by atoms with Gasteiger partial charge in [0.1, 0.15) is 5.82 Å². The third-order valence-electron chi connectivity index (χ3n) is 3.46. The number of carbonyl (C=O) groups is 2. The minimum Gasteiger partial charge on any atom is -0.356 e. The van der Waals surface area contributed by atoms with Crippen LogP contribution < -0.4 is 10.6 Å². The number of rotatable bonds is 8. The minimum absolute atomic E-state index is 0.143. The largest absolute Gasteiger partial charge is 0.356 e. The van der Waals surface area contributed by atoms with Gasteiger partial charge in [-0.25, -0.2) is 4.39 Å². The smallest absolute Gasteiger partial charge is 0.252 e. The molecule has 0 saturated heterocycles. The number of halogens is 2. The highest BCUT2D eigenvalue weighted by molar-refractivity contribution is 9.10. The Kier molecular flexibility index (Phi) is 7.12. The van der Waals surface area contributed by atoms with Crippen LogP contribution in [-0.4, -0.2) is 34.7 Å². The maximum atomic E-state index is 13.2. The molecule has 6 nitrogen and oxygen atoms in total. The van der Waals surface area contributed by atoms with E-state index in [-0.39, 0.29) is 24.4 Å². The van der Waals surface area contributed by atoms with Crippen LogP contribution in [-0.2, 0) is 11.3 Å².